The molecule has 0 aliphatic heterocycles. The Balaban J connectivity index is 3.11. The predicted molar refractivity (Wildman–Crippen MR) is 51.9 cm³/mol. The molecule has 1 rings (SSSR count). The maximum Gasteiger partial charge on any atom is 0.373 e. The first-order valence-electron chi connectivity index (χ1n) is 4.17. The van der Waals surface area contributed by atoms with Crippen molar-refractivity contribution in [2.75, 3.05) is 0 Å². The lowest BCUT2D eigenvalue weighted by Gasteiger charge is -2.02. The molecule has 0 aliphatic carbocycles. The SMILES string of the molecule is O=C(C=C(C(=O)OO)c1ccccc1)OO. The van der Waals surface area contributed by atoms with Crippen LogP contribution in [0.1, 0.15) is 5.56 Å². The predicted octanol–water partition coefficient (Wildman–Crippen LogP) is 1.10. The van der Waals surface area contributed by atoms with Crippen molar-refractivity contribution >= 4 is 17.5 Å². The molecule has 0 atom stereocenters. The number of carbonyl (C=O) groups is 2. The van der Waals surface area contributed by atoms with E-state index in [-0.39, 0.29) is 5.57 Å². The van der Waals surface area contributed by atoms with Gasteiger partial charge >= 0.3 is 11.9 Å². The van der Waals surface area contributed by atoms with Gasteiger partial charge in [-0.05, 0) is 5.56 Å². The van der Waals surface area contributed by atoms with Gasteiger partial charge in [-0.25, -0.2) is 9.59 Å². The Morgan fingerprint density at radius 2 is 1.69 bits per heavy atom. The lowest BCUT2D eigenvalue weighted by Crippen LogP contribution is -2.07. The summed E-state index contributed by atoms with van der Waals surface area (Å²) in [6.45, 7) is 0. The first-order chi connectivity index (χ1) is 7.69. The first kappa shape index (κ1) is 11.9. The third kappa shape index (κ3) is 2.91. The number of carbonyl (C=O) groups excluding carboxylic acids is 2. The Hall–Kier alpha value is -2.18. The summed E-state index contributed by atoms with van der Waals surface area (Å²) in [7, 11) is 0. The fraction of sp³-hybridized carbons (Fsp3) is 0. The Morgan fingerprint density at radius 3 is 2.19 bits per heavy atom. The molecule has 2 N–H and O–H groups in total. The van der Waals surface area contributed by atoms with Crippen LogP contribution >= 0.6 is 0 Å². The molecule has 6 heteroatoms. The molecular weight excluding hydrogens is 216 g/mol. The third-order valence-electron chi connectivity index (χ3n) is 1.74. The van der Waals surface area contributed by atoms with Gasteiger partial charge in [-0.15, -0.1) is 0 Å². The van der Waals surface area contributed by atoms with Gasteiger partial charge in [0.05, 0.1) is 5.57 Å². The van der Waals surface area contributed by atoms with Crippen molar-refractivity contribution in [3.05, 3.63) is 42.0 Å². The minimum Gasteiger partial charge on any atom is -0.296 e. The molecule has 0 amide bonds. The van der Waals surface area contributed by atoms with E-state index in [0.29, 0.717) is 11.6 Å². The van der Waals surface area contributed by atoms with Crippen LogP contribution in [0, 0.1) is 0 Å². The van der Waals surface area contributed by atoms with E-state index in [1.54, 1.807) is 18.2 Å². The Labute approximate surface area is 90.2 Å². The summed E-state index contributed by atoms with van der Waals surface area (Å²) >= 11 is 0. The fourth-order valence-corrected chi connectivity index (χ4v) is 1.07. The summed E-state index contributed by atoms with van der Waals surface area (Å²) in [6, 6.07) is 7.99. The number of rotatable bonds is 3. The molecule has 0 unspecified atom stereocenters. The lowest BCUT2D eigenvalue weighted by molar-refractivity contribution is -0.229. The molecule has 84 valence electrons. The normalized spacial score (nSPS) is 10.8. The number of benzene rings is 1. The molecule has 0 saturated carbocycles. The average molecular weight is 224 g/mol. The zero-order valence-electron chi connectivity index (χ0n) is 7.99. The first-order valence-corrected chi connectivity index (χ1v) is 4.17. The molecule has 0 saturated heterocycles. The minimum absolute atomic E-state index is 0.234. The third-order valence-corrected chi connectivity index (χ3v) is 1.74. The van der Waals surface area contributed by atoms with Crippen LogP contribution in [-0.4, -0.2) is 22.5 Å². The highest BCUT2D eigenvalue weighted by Crippen LogP contribution is 2.15. The molecular formula is C10H8O6. The molecule has 0 aromatic heterocycles. The molecule has 0 radical (unpaired) electrons. The van der Waals surface area contributed by atoms with Crippen molar-refractivity contribution < 1.29 is 29.9 Å². The van der Waals surface area contributed by atoms with E-state index in [2.05, 4.69) is 9.78 Å². The zero-order valence-corrected chi connectivity index (χ0v) is 7.99. The van der Waals surface area contributed by atoms with Gasteiger partial charge in [0.1, 0.15) is 0 Å². The fourth-order valence-electron chi connectivity index (χ4n) is 1.07. The van der Waals surface area contributed by atoms with Crippen LogP contribution in [0.4, 0.5) is 0 Å². The van der Waals surface area contributed by atoms with Gasteiger partial charge in [0, 0.05) is 6.08 Å². The van der Waals surface area contributed by atoms with E-state index in [9.17, 15) is 9.59 Å². The standard InChI is InChI=1S/C10H8O6/c11-9(15-13)6-8(10(12)16-14)7-4-2-1-3-5-7/h1-6,13-14H. The highest BCUT2D eigenvalue weighted by atomic mass is 17.1. The summed E-state index contributed by atoms with van der Waals surface area (Å²) in [5, 5.41) is 16.3. The van der Waals surface area contributed by atoms with Crippen molar-refractivity contribution in [3.63, 3.8) is 0 Å². The van der Waals surface area contributed by atoms with Crippen molar-refractivity contribution in [2.45, 2.75) is 0 Å². The van der Waals surface area contributed by atoms with Crippen LogP contribution in [0.5, 0.6) is 0 Å². The number of hydrogen-bond acceptors (Lipinski definition) is 6. The van der Waals surface area contributed by atoms with Crippen LogP contribution in [0.3, 0.4) is 0 Å². The summed E-state index contributed by atoms with van der Waals surface area (Å²) in [5.74, 6) is -2.28. The quantitative estimate of drug-likeness (QED) is 0.453. The molecule has 0 aliphatic rings. The van der Waals surface area contributed by atoms with Crippen LogP contribution < -0.4 is 0 Å². The van der Waals surface area contributed by atoms with Gasteiger partial charge in [0.15, 0.2) is 0 Å². The van der Waals surface area contributed by atoms with Crippen LogP contribution in [0.2, 0.25) is 0 Å². The van der Waals surface area contributed by atoms with Gasteiger partial charge in [0.25, 0.3) is 0 Å². The summed E-state index contributed by atoms with van der Waals surface area (Å²) in [6.07, 6.45) is 0.702. The van der Waals surface area contributed by atoms with Gasteiger partial charge in [-0.1, -0.05) is 30.3 Å². The minimum atomic E-state index is -1.15. The van der Waals surface area contributed by atoms with Gasteiger partial charge < -0.3 is 0 Å². The molecule has 0 heterocycles. The van der Waals surface area contributed by atoms with Crippen LogP contribution in [-0.2, 0) is 19.4 Å². The van der Waals surface area contributed by atoms with Crippen LogP contribution in [0.25, 0.3) is 5.57 Å². The smallest absolute Gasteiger partial charge is 0.296 e. The van der Waals surface area contributed by atoms with E-state index in [1.807, 2.05) is 0 Å². The summed E-state index contributed by atoms with van der Waals surface area (Å²) < 4.78 is 0. The van der Waals surface area contributed by atoms with Gasteiger partial charge in [0.2, 0.25) is 0 Å². The van der Waals surface area contributed by atoms with Crippen LogP contribution in [0.15, 0.2) is 36.4 Å². The van der Waals surface area contributed by atoms with E-state index in [4.69, 9.17) is 10.5 Å². The molecule has 1 aromatic carbocycles. The lowest BCUT2D eigenvalue weighted by atomic mass is 10.1. The van der Waals surface area contributed by atoms with E-state index in [0.717, 1.165) is 0 Å². The highest BCUT2D eigenvalue weighted by Gasteiger charge is 2.15. The molecule has 16 heavy (non-hydrogen) atoms. The maximum absolute atomic E-state index is 11.1. The van der Waals surface area contributed by atoms with Crippen molar-refractivity contribution in [3.8, 4) is 0 Å². The van der Waals surface area contributed by atoms with Crippen molar-refractivity contribution in [1.29, 1.82) is 0 Å². The number of hydrogen-bond donors (Lipinski definition) is 2. The molecule has 0 fully saturated rings. The summed E-state index contributed by atoms with van der Waals surface area (Å²) in [5.41, 5.74) is 0.106. The van der Waals surface area contributed by atoms with E-state index in [1.165, 1.54) is 12.1 Å². The molecule has 1 aromatic rings. The molecule has 0 bridgehead atoms. The second-order valence-electron chi connectivity index (χ2n) is 2.71. The Morgan fingerprint density at radius 1 is 1.06 bits per heavy atom. The van der Waals surface area contributed by atoms with Gasteiger partial charge in [-0.2, -0.15) is 10.5 Å². The second-order valence-corrected chi connectivity index (χ2v) is 2.71. The maximum atomic E-state index is 11.1. The van der Waals surface area contributed by atoms with Gasteiger partial charge in [-0.3, -0.25) is 9.78 Å². The Bertz CT molecular complexity index is 409. The largest absolute Gasteiger partial charge is 0.373 e. The molecule has 0 spiro atoms. The monoisotopic (exact) mass is 224 g/mol. The average Bonchev–Trinajstić information content (AvgIpc) is 2.35. The Kier molecular flexibility index (Phi) is 4.19. The van der Waals surface area contributed by atoms with E-state index >= 15 is 0 Å². The van der Waals surface area contributed by atoms with E-state index < -0.39 is 11.9 Å². The topological polar surface area (TPSA) is 93.1 Å². The summed E-state index contributed by atoms with van der Waals surface area (Å²) in [4.78, 5) is 28.8. The second kappa shape index (κ2) is 5.64. The van der Waals surface area contributed by atoms with Crippen molar-refractivity contribution in [2.24, 2.45) is 0 Å². The van der Waals surface area contributed by atoms with Crippen molar-refractivity contribution in [1.82, 2.24) is 0 Å². The molecule has 6 nitrogen and oxygen atoms in total. The highest BCUT2D eigenvalue weighted by molar-refractivity contribution is 6.20. The zero-order chi connectivity index (χ0) is 12.0.